The minimum Gasteiger partial charge on any atom is -0.497 e. The predicted molar refractivity (Wildman–Crippen MR) is 121 cm³/mol. The molecule has 32 heavy (non-hydrogen) atoms. The first-order chi connectivity index (χ1) is 15.6. The van der Waals surface area contributed by atoms with Gasteiger partial charge in [-0.1, -0.05) is 49.2 Å². The monoisotopic (exact) mass is 434 g/mol. The summed E-state index contributed by atoms with van der Waals surface area (Å²) in [6, 6.07) is 16.0. The molecule has 6 heteroatoms. The molecule has 0 aromatic heterocycles. The van der Waals surface area contributed by atoms with Crippen LogP contribution in [0.15, 0.2) is 48.5 Å². The third-order valence-corrected chi connectivity index (χ3v) is 7.47. The lowest BCUT2D eigenvalue weighted by Crippen LogP contribution is -2.73. The number of hydrogen-bond acceptors (Lipinski definition) is 4. The van der Waals surface area contributed by atoms with Crippen LogP contribution in [-0.2, 0) is 9.59 Å². The smallest absolute Gasteiger partial charge is 0.242 e. The molecule has 1 N–H and O–H groups in total. The molecule has 2 amide bonds. The first kappa shape index (κ1) is 21.0. The first-order valence-electron chi connectivity index (χ1n) is 11.6. The predicted octanol–water partition coefficient (Wildman–Crippen LogP) is 3.05. The lowest BCUT2D eigenvalue weighted by Gasteiger charge is -2.59. The zero-order valence-electron chi connectivity index (χ0n) is 18.4. The Balaban J connectivity index is 1.36. The molecule has 2 aliphatic heterocycles. The third-order valence-electron chi connectivity index (χ3n) is 7.47. The maximum atomic E-state index is 13.0. The summed E-state index contributed by atoms with van der Waals surface area (Å²) in [5.74, 6) is 1.01. The molecule has 3 atom stereocenters. The number of piperazine rings is 1. The topological polar surface area (TPSA) is 70.1 Å². The van der Waals surface area contributed by atoms with Gasteiger partial charge in [0.1, 0.15) is 5.75 Å². The number of aliphatic hydroxyl groups excluding tert-OH is 1. The summed E-state index contributed by atoms with van der Waals surface area (Å²) >= 11 is 0. The molecule has 0 spiro atoms. The second-order valence-electron chi connectivity index (χ2n) is 9.20. The first-order valence-corrected chi connectivity index (χ1v) is 11.6. The molecule has 0 unspecified atom stereocenters. The van der Waals surface area contributed by atoms with Crippen LogP contribution in [0, 0.1) is 5.92 Å². The van der Waals surface area contributed by atoms with Crippen molar-refractivity contribution in [1.82, 2.24) is 9.80 Å². The van der Waals surface area contributed by atoms with Crippen molar-refractivity contribution >= 4 is 11.8 Å². The van der Waals surface area contributed by atoms with Gasteiger partial charge in [-0.15, -0.1) is 0 Å². The van der Waals surface area contributed by atoms with Gasteiger partial charge >= 0.3 is 0 Å². The van der Waals surface area contributed by atoms with Gasteiger partial charge in [-0.25, -0.2) is 0 Å². The molecule has 5 rings (SSSR count). The lowest BCUT2D eigenvalue weighted by molar-refractivity contribution is -0.168. The van der Waals surface area contributed by atoms with E-state index in [0.717, 1.165) is 48.1 Å². The van der Waals surface area contributed by atoms with Gasteiger partial charge in [-0.3, -0.25) is 9.59 Å². The van der Waals surface area contributed by atoms with Crippen LogP contribution in [0.2, 0.25) is 0 Å². The molecule has 2 aromatic rings. The fourth-order valence-corrected chi connectivity index (χ4v) is 5.80. The number of fused-ring (bicyclic) bond motifs is 1. The van der Waals surface area contributed by atoms with Gasteiger partial charge in [0.15, 0.2) is 0 Å². The summed E-state index contributed by atoms with van der Waals surface area (Å²) in [5.41, 5.74) is 3.26. The molecule has 0 radical (unpaired) electrons. The Morgan fingerprint density at radius 1 is 1.09 bits per heavy atom. The molecule has 1 saturated carbocycles. The molecule has 2 saturated heterocycles. The van der Waals surface area contributed by atoms with Gasteiger partial charge in [-0.05, 0) is 41.7 Å². The highest BCUT2D eigenvalue weighted by molar-refractivity contribution is 5.88. The Morgan fingerprint density at radius 3 is 2.53 bits per heavy atom. The van der Waals surface area contributed by atoms with E-state index in [1.807, 2.05) is 24.3 Å². The van der Waals surface area contributed by atoms with Crippen LogP contribution < -0.4 is 4.74 Å². The van der Waals surface area contributed by atoms with Crippen molar-refractivity contribution in [2.24, 2.45) is 5.92 Å². The highest BCUT2D eigenvalue weighted by atomic mass is 16.5. The summed E-state index contributed by atoms with van der Waals surface area (Å²) in [7, 11) is 1.66. The molecule has 0 bridgehead atoms. The van der Waals surface area contributed by atoms with E-state index in [9.17, 15) is 14.7 Å². The molecular weight excluding hydrogens is 404 g/mol. The Bertz CT molecular complexity index is 999. The molecule has 6 nitrogen and oxygen atoms in total. The van der Waals surface area contributed by atoms with Crippen molar-refractivity contribution in [2.45, 2.75) is 43.7 Å². The minimum atomic E-state index is -0.223. The zero-order valence-corrected chi connectivity index (χ0v) is 18.4. The van der Waals surface area contributed by atoms with E-state index in [4.69, 9.17) is 4.74 Å². The standard InChI is InChI=1S/C26H30N2O4/c1-32-21-8-4-7-20(13-21)17-9-11-18(12-10-17)25-22-14-27(26(31)19-5-2-3-6-19)15-24(30)28(22)23(25)16-29/h4,7-13,19,22-23,25,29H,2-3,5-6,14-16H2,1H3/t22-,23+,25+/m1/s1. The number of rotatable bonds is 5. The SMILES string of the molecule is COc1cccc(-c2ccc([C@H]3[C@H]4CN(C(=O)C5CCCC5)CC(=O)N4[C@H]3CO)cc2)c1. The number of ether oxygens (including phenoxy) is 1. The van der Waals surface area contributed by atoms with Crippen LogP contribution in [-0.4, -0.2) is 65.6 Å². The molecule has 2 heterocycles. The Kier molecular flexibility index (Phi) is 5.64. The van der Waals surface area contributed by atoms with Crippen molar-refractivity contribution < 1.29 is 19.4 Å². The van der Waals surface area contributed by atoms with Crippen LogP contribution in [0.1, 0.15) is 37.2 Å². The summed E-state index contributed by atoms with van der Waals surface area (Å²) in [6.45, 7) is 0.630. The number of amides is 2. The van der Waals surface area contributed by atoms with E-state index in [1.165, 1.54) is 0 Å². The van der Waals surface area contributed by atoms with Crippen LogP contribution >= 0.6 is 0 Å². The maximum Gasteiger partial charge on any atom is 0.242 e. The van der Waals surface area contributed by atoms with Crippen molar-refractivity contribution in [2.75, 3.05) is 26.8 Å². The number of carbonyl (C=O) groups excluding carboxylic acids is 2. The fraction of sp³-hybridized carbons (Fsp3) is 0.462. The molecule has 1 aliphatic carbocycles. The van der Waals surface area contributed by atoms with Gasteiger partial charge in [0, 0.05) is 18.4 Å². The average molecular weight is 435 g/mol. The normalized spacial score (nSPS) is 25.4. The molecule has 2 aromatic carbocycles. The molecule has 3 fully saturated rings. The number of carbonyl (C=O) groups is 2. The van der Waals surface area contributed by atoms with Crippen molar-refractivity contribution in [3.63, 3.8) is 0 Å². The van der Waals surface area contributed by atoms with Crippen molar-refractivity contribution in [1.29, 1.82) is 0 Å². The highest BCUT2D eigenvalue weighted by Gasteiger charge is 2.54. The average Bonchev–Trinajstić information content (AvgIpc) is 3.35. The second kappa shape index (κ2) is 8.58. The van der Waals surface area contributed by atoms with Gasteiger partial charge < -0.3 is 19.6 Å². The maximum absolute atomic E-state index is 13.0. The van der Waals surface area contributed by atoms with E-state index in [2.05, 4.69) is 24.3 Å². The Hall–Kier alpha value is -2.86. The summed E-state index contributed by atoms with van der Waals surface area (Å²) in [6.07, 6.45) is 4.07. The van der Waals surface area contributed by atoms with Crippen molar-refractivity contribution in [3.05, 3.63) is 54.1 Å². The fourth-order valence-electron chi connectivity index (χ4n) is 5.80. The second-order valence-corrected chi connectivity index (χ2v) is 9.20. The van der Waals surface area contributed by atoms with E-state index >= 15 is 0 Å². The quantitative estimate of drug-likeness (QED) is 0.785. The lowest BCUT2D eigenvalue weighted by atomic mass is 9.73. The Labute approximate surface area is 188 Å². The summed E-state index contributed by atoms with van der Waals surface area (Å²) in [5, 5.41) is 10.0. The Morgan fingerprint density at radius 2 is 1.84 bits per heavy atom. The van der Waals surface area contributed by atoms with Crippen molar-refractivity contribution in [3.8, 4) is 16.9 Å². The third kappa shape index (κ3) is 3.56. The van der Waals surface area contributed by atoms with Gasteiger partial charge in [-0.2, -0.15) is 0 Å². The van der Waals surface area contributed by atoms with E-state index in [1.54, 1.807) is 16.9 Å². The number of aliphatic hydroxyl groups is 1. The molecule has 168 valence electrons. The van der Waals surface area contributed by atoms with Gasteiger partial charge in [0.25, 0.3) is 0 Å². The summed E-state index contributed by atoms with van der Waals surface area (Å²) in [4.78, 5) is 29.4. The number of methoxy groups -OCH3 is 1. The zero-order chi connectivity index (χ0) is 22.2. The largest absolute Gasteiger partial charge is 0.497 e. The number of nitrogens with zero attached hydrogens (tertiary/aromatic N) is 2. The number of benzene rings is 2. The van der Waals surface area contributed by atoms with E-state index in [-0.39, 0.29) is 48.9 Å². The minimum absolute atomic E-state index is 0.0301. The van der Waals surface area contributed by atoms with Crippen LogP contribution in [0.3, 0.4) is 0 Å². The summed E-state index contributed by atoms with van der Waals surface area (Å²) < 4.78 is 5.33. The van der Waals surface area contributed by atoms with E-state index in [0.29, 0.717) is 6.54 Å². The highest BCUT2D eigenvalue weighted by Crippen LogP contribution is 2.43. The van der Waals surface area contributed by atoms with Gasteiger partial charge in [0.05, 0.1) is 32.3 Å². The molecule has 3 aliphatic rings. The molecular formula is C26H30N2O4. The van der Waals surface area contributed by atoms with E-state index < -0.39 is 0 Å². The van der Waals surface area contributed by atoms with Gasteiger partial charge in [0.2, 0.25) is 11.8 Å². The van der Waals surface area contributed by atoms with Crippen LogP contribution in [0.4, 0.5) is 0 Å². The van der Waals surface area contributed by atoms with Crippen LogP contribution in [0.5, 0.6) is 5.75 Å². The number of hydrogen-bond donors (Lipinski definition) is 1. The van der Waals surface area contributed by atoms with Crippen LogP contribution in [0.25, 0.3) is 11.1 Å².